The Morgan fingerprint density at radius 2 is 1.89 bits per heavy atom. The van der Waals surface area contributed by atoms with Gasteiger partial charge in [0, 0.05) is 17.7 Å². The topological polar surface area (TPSA) is 94.7 Å². The highest BCUT2D eigenvalue weighted by molar-refractivity contribution is 5.93. The van der Waals surface area contributed by atoms with Crippen molar-refractivity contribution in [3.63, 3.8) is 0 Å². The molecule has 1 unspecified atom stereocenters. The molecule has 0 bridgehead atoms. The molecule has 1 atom stereocenters. The Bertz CT molecular complexity index is 421. The summed E-state index contributed by atoms with van der Waals surface area (Å²) in [6.45, 7) is 5.22. The molecule has 0 aromatic carbocycles. The lowest BCUT2D eigenvalue weighted by atomic mass is 10.2. The number of pyridine rings is 1. The summed E-state index contributed by atoms with van der Waals surface area (Å²) in [5, 5.41) is 8.91. The van der Waals surface area contributed by atoms with Crippen LogP contribution in [0.4, 0.5) is 0 Å². The highest BCUT2D eigenvalue weighted by atomic mass is 16.5. The van der Waals surface area contributed by atoms with Crippen molar-refractivity contribution in [3.8, 4) is 11.8 Å². The van der Waals surface area contributed by atoms with Gasteiger partial charge in [-0.2, -0.15) is 4.98 Å². The molecule has 0 aliphatic rings. The molecule has 6 nitrogen and oxygen atoms in total. The third-order valence-electron chi connectivity index (χ3n) is 2.00. The zero-order chi connectivity index (χ0) is 13.7. The molecule has 0 radical (unpaired) electrons. The molecule has 0 aliphatic heterocycles. The van der Waals surface area contributed by atoms with Gasteiger partial charge in [0.25, 0.3) is 0 Å². The molecule has 0 fully saturated rings. The number of amides is 1. The molecular formula is C12H18N2O4. The SMILES string of the molecule is CC(C)Oc1cc(C(N)=O)cc(OC(C)CO)n1. The van der Waals surface area contributed by atoms with Gasteiger partial charge in [0.05, 0.1) is 12.7 Å². The van der Waals surface area contributed by atoms with Crippen LogP contribution >= 0.6 is 0 Å². The maximum absolute atomic E-state index is 11.2. The normalized spacial score (nSPS) is 12.3. The molecule has 1 rings (SSSR count). The molecule has 0 saturated carbocycles. The Labute approximate surface area is 106 Å². The largest absolute Gasteiger partial charge is 0.475 e. The highest BCUT2D eigenvalue weighted by Crippen LogP contribution is 2.19. The number of ether oxygens (including phenoxy) is 2. The van der Waals surface area contributed by atoms with Crippen LogP contribution in [0.5, 0.6) is 11.8 Å². The third kappa shape index (κ3) is 4.21. The first-order valence-electron chi connectivity index (χ1n) is 5.68. The van der Waals surface area contributed by atoms with Crippen molar-refractivity contribution in [2.24, 2.45) is 5.73 Å². The fraction of sp³-hybridized carbons (Fsp3) is 0.500. The summed E-state index contributed by atoms with van der Waals surface area (Å²) in [5.74, 6) is -0.127. The van der Waals surface area contributed by atoms with Crippen molar-refractivity contribution in [2.75, 3.05) is 6.61 Å². The van der Waals surface area contributed by atoms with Crippen LogP contribution in [0.25, 0.3) is 0 Å². The van der Waals surface area contributed by atoms with E-state index in [0.29, 0.717) is 0 Å². The van der Waals surface area contributed by atoms with Gasteiger partial charge in [-0.05, 0) is 20.8 Å². The lowest BCUT2D eigenvalue weighted by Crippen LogP contribution is -2.19. The Morgan fingerprint density at radius 3 is 2.33 bits per heavy atom. The molecule has 1 aromatic rings. The summed E-state index contributed by atoms with van der Waals surface area (Å²) in [4.78, 5) is 15.3. The third-order valence-corrected chi connectivity index (χ3v) is 2.00. The number of hydrogen-bond acceptors (Lipinski definition) is 5. The smallest absolute Gasteiger partial charge is 0.249 e. The molecule has 0 spiro atoms. The number of aromatic nitrogens is 1. The van der Waals surface area contributed by atoms with Gasteiger partial charge in [-0.3, -0.25) is 4.79 Å². The second-order valence-corrected chi connectivity index (χ2v) is 4.17. The van der Waals surface area contributed by atoms with Crippen LogP contribution in [-0.2, 0) is 0 Å². The summed E-state index contributed by atoms with van der Waals surface area (Å²) in [7, 11) is 0. The van der Waals surface area contributed by atoms with Crippen LogP contribution in [0, 0.1) is 0 Å². The average Bonchev–Trinajstić information content (AvgIpc) is 2.27. The van der Waals surface area contributed by atoms with Crippen LogP contribution in [0.2, 0.25) is 0 Å². The number of aliphatic hydroxyl groups excluding tert-OH is 1. The zero-order valence-corrected chi connectivity index (χ0v) is 10.7. The van der Waals surface area contributed by atoms with E-state index in [2.05, 4.69) is 4.98 Å². The number of carbonyl (C=O) groups is 1. The van der Waals surface area contributed by atoms with E-state index in [1.807, 2.05) is 13.8 Å². The molecule has 0 saturated heterocycles. The van der Waals surface area contributed by atoms with Crippen LogP contribution in [-0.4, -0.2) is 34.8 Å². The van der Waals surface area contributed by atoms with Crippen molar-refractivity contribution >= 4 is 5.91 Å². The van der Waals surface area contributed by atoms with E-state index in [-0.39, 0.29) is 30.0 Å². The van der Waals surface area contributed by atoms with Crippen LogP contribution < -0.4 is 15.2 Å². The monoisotopic (exact) mass is 254 g/mol. The summed E-state index contributed by atoms with van der Waals surface area (Å²) >= 11 is 0. The Hall–Kier alpha value is -1.82. The molecule has 100 valence electrons. The molecule has 18 heavy (non-hydrogen) atoms. The molecule has 0 aliphatic carbocycles. The van der Waals surface area contributed by atoms with Crippen LogP contribution in [0.1, 0.15) is 31.1 Å². The maximum Gasteiger partial charge on any atom is 0.249 e. The van der Waals surface area contributed by atoms with E-state index in [1.165, 1.54) is 12.1 Å². The van der Waals surface area contributed by atoms with Gasteiger partial charge in [-0.1, -0.05) is 0 Å². The fourth-order valence-electron chi connectivity index (χ4n) is 1.23. The summed E-state index contributed by atoms with van der Waals surface area (Å²) < 4.78 is 10.7. The van der Waals surface area contributed by atoms with E-state index in [1.54, 1.807) is 6.92 Å². The van der Waals surface area contributed by atoms with E-state index in [0.717, 1.165) is 0 Å². The van der Waals surface area contributed by atoms with Crippen molar-refractivity contribution in [1.82, 2.24) is 4.98 Å². The van der Waals surface area contributed by atoms with Gasteiger partial charge < -0.3 is 20.3 Å². The molecule has 1 amide bonds. The van der Waals surface area contributed by atoms with E-state index in [9.17, 15) is 4.79 Å². The predicted octanol–water partition coefficient (Wildman–Crippen LogP) is 0.727. The van der Waals surface area contributed by atoms with Crippen molar-refractivity contribution in [1.29, 1.82) is 0 Å². The molecule has 3 N–H and O–H groups in total. The fourth-order valence-corrected chi connectivity index (χ4v) is 1.23. The van der Waals surface area contributed by atoms with Gasteiger partial charge in [0.2, 0.25) is 17.7 Å². The first-order chi connectivity index (χ1) is 8.42. The quantitative estimate of drug-likeness (QED) is 0.780. The standard InChI is InChI=1S/C12H18N2O4/c1-7(2)17-10-4-9(12(13)16)5-11(14-10)18-8(3)6-15/h4-5,7-8,15H,6H2,1-3H3,(H2,13,16). The first kappa shape index (κ1) is 14.2. The Balaban J connectivity index is 3.01. The lowest BCUT2D eigenvalue weighted by Gasteiger charge is -2.14. The highest BCUT2D eigenvalue weighted by Gasteiger charge is 2.11. The first-order valence-corrected chi connectivity index (χ1v) is 5.68. The van der Waals surface area contributed by atoms with Crippen LogP contribution in [0.3, 0.4) is 0 Å². The van der Waals surface area contributed by atoms with E-state index >= 15 is 0 Å². The second-order valence-electron chi connectivity index (χ2n) is 4.17. The van der Waals surface area contributed by atoms with Crippen molar-refractivity contribution < 1.29 is 19.4 Å². The molecule has 1 heterocycles. The minimum atomic E-state index is -0.590. The maximum atomic E-state index is 11.2. The number of nitrogens with two attached hydrogens (primary N) is 1. The van der Waals surface area contributed by atoms with Crippen LogP contribution in [0.15, 0.2) is 12.1 Å². The predicted molar refractivity (Wildman–Crippen MR) is 65.7 cm³/mol. The minimum Gasteiger partial charge on any atom is -0.475 e. The number of primary amides is 1. The summed E-state index contributed by atoms with van der Waals surface area (Å²) in [6, 6.07) is 2.88. The average molecular weight is 254 g/mol. The summed E-state index contributed by atoms with van der Waals surface area (Å²) in [5.41, 5.74) is 5.47. The Morgan fingerprint density at radius 1 is 1.33 bits per heavy atom. The number of carbonyl (C=O) groups excluding carboxylic acids is 1. The Kier molecular flexibility index (Phi) is 4.91. The second kappa shape index (κ2) is 6.20. The molecular weight excluding hydrogens is 236 g/mol. The van der Waals surface area contributed by atoms with Gasteiger partial charge in [0.15, 0.2) is 0 Å². The number of aliphatic hydroxyl groups is 1. The summed E-state index contributed by atoms with van der Waals surface area (Å²) in [6.07, 6.45) is -0.503. The number of hydrogen-bond donors (Lipinski definition) is 2. The van der Waals surface area contributed by atoms with Crippen molar-refractivity contribution in [3.05, 3.63) is 17.7 Å². The van der Waals surface area contributed by atoms with Gasteiger partial charge >= 0.3 is 0 Å². The molecule has 1 aromatic heterocycles. The van der Waals surface area contributed by atoms with E-state index < -0.39 is 12.0 Å². The number of nitrogens with zero attached hydrogens (tertiary/aromatic N) is 1. The van der Waals surface area contributed by atoms with E-state index in [4.69, 9.17) is 20.3 Å². The zero-order valence-electron chi connectivity index (χ0n) is 10.7. The molecule has 6 heteroatoms. The van der Waals surface area contributed by atoms with Crippen molar-refractivity contribution in [2.45, 2.75) is 33.0 Å². The van der Waals surface area contributed by atoms with Gasteiger partial charge in [0.1, 0.15) is 6.10 Å². The number of rotatable bonds is 6. The lowest BCUT2D eigenvalue weighted by molar-refractivity contribution is 0.0995. The minimum absolute atomic E-state index is 0.0799. The van der Waals surface area contributed by atoms with Gasteiger partial charge in [-0.15, -0.1) is 0 Å². The van der Waals surface area contributed by atoms with Gasteiger partial charge in [-0.25, -0.2) is 0 Å².